The molecule has 6 nitrogen and oxygen atoms in total. The molecule has 0 radical (unpaired) electrons. The van der Waals surface area contributed by atoms with Gasteiger partial charge in [-0.15, -0.1) is 0 Å². The molecule has 3 aromatic rings. The van der Waals surface area contributed by atoms with E-state index in [1.807, 2.05) is 0 Å². The molecule has 2 aromatic carbocycles. The predicted molar refractivity (Wildman–Crippen MR) is 112 cm³/mol. The fraction of sp³-hybridized carbons (Fsp3) is 0.190. The SMILES string of the molecule is CC1C(=O)N(c2ccc(SC(F)(F)F)cc2)C(=O)N1Cc1ccnc2ccc(N)cc12. The van der Waals surface area contributed by atoms with Gasteiger partial charge >= 0.3 is 11.5 Å². The number of nitrogens with zero attached hydrogens (tertiary/aromatic N) is 3. The Morgan fingerprint density at radius 2 is 1.81 bits per heavy atom. The molecule has 1 aromatic heterocycles. The lowest BCUT2D eigenvalue weighted by Gasteiger charge is -2.20. The number of imide groups is 1. The van der Waals surface area contributed by atoms with Crippen LogP contribution >= 0.6 is 11.8 Å². The number of carbonyl (C=O) groups is 2. The summed E-state index contributed by atoms with van der Waals surface area (Å²) in [6, 6.07) is 10.9. The number of nitrogens with two attached hydrogens (primary N) is 1. The van der Waals surface area contributed by atoms with Gasteiger partial charge in [0.15, 0.2) is 0 Å². The summed E-state index contributed by atoms with van der Waals surface area (Å²) in [7, 11) is 0. The van der Waals surface area contributed by atoms with Gasteiger partial charge in [0.05, 0.1) is 11.2 Å². The normalized spacial score (nSPS) is 17.1. The van der Waals surface area contributed by atoms with Crippen LogP contribution < -0.4 is 10.6 Å². The molecule has 10 heteroatoms. The van der Waals surface area contributed by atoms with Gasteiger partial charge in [-0.2, -0.15) is 13.2 Å². The van der Waals surface area contributed by atoms with Gasteiger partial charge in [0, 0.05) is 28.7 Å². The number of hydrogen-bond donors (Lipinski definition) is 1. The largest absolute Gasteiger partial charge is 0.446 e. The van der Waals surface area contributed by atoms with Crippen molar-refractivity contribution in [1.29, 1.82) is 0 Å². The number of urea groups is 1. The maximum absolute atomic E-state index is 13.1. The van der Waals surface area contributed by atoms with E-state index in [9.17, 15) is 22.8 Å². The van der Waals surface area contributed by atoms with Gasteiger partial charge in [0.25, 0.3) is 5.91 Å². The van der Waals surface area contributed by atoms with Crippen LogP contribution in [0.3, 0.4) is 0 Å². The van der Waals surface area contributed by atoms with E-state index in [4.69, 9.17) is 5.73 Å². The number of rotatable bonds is 4. The number of pyridine rings is 1. The maximum Gasteiger partial charge on any atom is 0.446 e. The minimum atomic E-state index is -4.41. The van der Waals surface area contributed by atoms with Crippen molar-refractivity contribution >= 4 is 46.0 Å². The number of carbonyl (C=O) groups excluding carboxylic acids is 2. The number of benzene rings is 2. The highest BCUT2D eigenvalue weighted by atomic mass is 32.2. The van der Waals surface area contributed by atoms with Crippen molar-refractivity contribution in [3.8, 4) is 0 Å². The van der Waals surface area contributed by atoms with E-state index >= 15 is 0 Å². The van der Waals surface area contributed by atoms with Gasteiger partial charge in [0.2, 0.25) is 0 Å². The molecule has 160 valence electrons. The second kappa shape index (κ2) is 7.77. The fourth-order valence-corrected chi connectivity index (χ4v) is 4.03. The lowest BCUT2D eigenvalue weighted by atomic mass is 10.1. The lowest BCUT2D eigenvalue weighted by molar-refractivity contribution is -0.119. The molecule has 1 aliphatic heterocycles. The minimum Gasteiger partial charge on any atom is -0.399 e. The Balaban J connectivity index is 1.60. The Kier molecular flexibility index (Phi) is 5.26. The zero-order chi connectivity index (χ0) is 22.3. The van der Waals surface area contributed by atoms with Crippen LogP contribution in [0.15, 0.2) is 59.6 Å². The Labute approximate surface area is 179 Å². The summed E-state index contributed by atoms with van der Waals surface area (Å²) in [5.74, 6) is -0.445. The summed E-state index contributed by atoms with van der Waals surface area (Å²) < 4.78 is 37.6. The van der Waals surface area contributed by atoms with Crippen molar-refractivity contribution in [3.63, 3.8) is 0 Å². The van der Waals surface area contributed by atoms with Crippen molar-refractivity contribution in [2.75, 3.05) is 10.6 Å². The Hall–Kier alpha value is -3.27. The number of thioether (sulfide) groups is 1. The van der Waals surface area contributed by atoms with E-state index in [2.05, 4.69) is 4.98 Å². The van der Waals surface area contributed by atoms with E-state index < -0.39 is 23.5 Å². The summed E-state index contributed by atoms with van der Waals surface area (Å²) >= 11 is -0.256. The first kappa shape index (κ1) is 21.0. The summed E-state index contributed by atoms with van der Waals surface area (Å²) in [6.45, 7) is 1.78. The van der Waals surface area contributed by atoms with Crippen molar-refractivity contribution < 1.29 is 22.8 Å². The van der Waals surface area contributed by atoms with Crippen molar-refractivity contribution in [3.05, 3.63) is 60.3 Å². The molecule has 1 saturated heterocycles. The molecule has 31 heavy (non-hydrogen) atoms. The zero-order valence-electron chi connectivity index (χ0n) is 16.3. The highest BCUT2D eigenvalue weighted by Crippen LogP contribution is 2.38. The highest BCUT2D eigenvalue weighted by Gasteiger charge is 2.43. The van der Waals surface area contributed by atoms with Crippen LogP contribution in [0.25, 0.3) is 10.9 Å². The van der Waals surface area contributed by atoms with Crippen molar-refractivity contribution in [2.45, 2.75) is 29.9 Å². The second-order valence-electron chi connectivity index (χ2n) is 7.05. The zero-order valence-corrected chi connectivity index (χ0v) is 17.1. The number of hydrogen-bond acceptors (Lipinski definition) is 5. The van der Waals surface area contributed by atoms with E-state index in [1.54, 1.807) is 37.4 Å². The molecule has 0 bridgehead atoms. The van der Waals surface area contributed by atoms with Crippen LogP contribution in [0.5, 0.6) is 0 Å². The standard InChI is InChI=1S/C21H17F3N4O2S/c1-12-19(29)28(15-3-5-16(6-4-15)31-21(22,23)24)20(30)27(12)11-13-8-9-26-18-7-2-14(25)10-17(13)18/h2-10,12H,11,25H2,1H3. The third-order valence-electron chi connectivity index (χ3n) is 5.01. The molecule has 1 aliphatic rings. The topological polar surface area (TPSA) is 79.5 Å². The Morgan fingerprint density at radius 1 is 1.10 bits per heavy atom. The first-order chi connectivity index (χ1) is 14.6. The first-order valence-corrected chi connectivity index (χ1v) is 10.1. The summed E-state index contributed by atoms with van der Waals surface area (Å²) in [6.07, 6.45) is 1.62. The number of amides is 3. The average molecular weight is 446 g/mol. The molecule has 2 heterocycles. The van der Waals surface area contributed by atoms with E-state index in [0.717, 1.165) is 15.8 Å². The smallest absolute Gasteiger partial charge is 0.399 e. The maximum atomic E-state index is 13.1. The number of aromatic nitrogens is 1. The van der Waals surface area contributed by atoms with Gasteiger partial charge in [0.1, 0.15) is 6.04 Å². The molecular formula is C21H17F3N4O2S. The molecule has 3 amide bonds. The molecule has 1 fully saturated rings. The van der Waals surface area contributed by atoms with Crippen LogP contribution in [0, 0.1) is 0 Å². The average Bonchev–Trinajstić information content (AvgIpc) is 2.91. The van der Waals surface area contributed by atoms with Gasteiger partial charge in [-0.25, -0.2) is 9.69 Å². The van der Waals surface area contributed by atoms with Crippen LogP contribution in [0.2, 0.25) is 0 Å². The second-order valence-corrected chi connectivity index (χ2v) is 8.19. The number of halogens is 3. The van der Waals surface area contributed by atoms with Crippen LogP contribution in [0.4, 0.5) is 29.3 Å². The van der Waals surface area contributed by atoms with Crippen LogP contribution in [-0.4, -0.2) is 33.4 Å². The quantitative estimate of drug-likeness (QED) is 0.354. The highest BCUT2D eigenvalue weighted by molar-refractivity contribution is 8.00. The molecule has 0 saturated carbocycles. The number of alkyl halides is 3. The van der Waals surface area contributed by atoms with E-state index in [-0.39, 0.29) is 28.9 Å². The molecule has 0 spiro atoms. The van der Waals surface area contributed by atoms with Gasteiger partial charge < -0.3 is 10.6 Å². The van der Waals surface area contributed by atoms with Crippen molar-refractivity contribution in [2.24, 2.45) is 0 Å². The molecule has 2 N–H and O–H groups in total. The lowest BCUT2D eigenvalue weighted by Crippen LogP contribution is -2.33. The number of nitrogen functional groups attached to an aromatic ring is 1. The van der Waals surface area contributed by atoms with Gasteiger partial charge in [-0.3, -0.25) is 9.78 Å². The van der Waals surface area contributed by atoms with Gasteiger partial charge in [-0.05, 0) is 72.8 Å². The van der Waals surface area contributed by atoms with Crippen molar-refractivity contribution in [1.82, 2.24) is 9.88 Å². The third-order valence-corrected chi connectivity index (χ3v) is 5.75. The van der Waals surface area contributed by atoms with Crippen LogP contribution in [-0.2, 0) is 11.3 Å². The van der Waals surface area contributed by atoms with Gasteiger partial charge in [-0.1, -0.05) is 0 Å². The van der Waals surface area contributed by atoms with E-state index in [0.29, 0.717) is 11.2 Å². The van der Waals surface area contributed by atoms with E-state index in [1.165, 1.54) is 29.2 Å². The predicted octanol–water partition coefficient (Wildman–Crippen LogP) is 4.79. The Bertz CT molecular complexity index is 1170. The minimum absolute atomic E-state index is 0.0268. The summed E-state index contributed by atoms with van der Waals surface area (Å²) in [5, 5.41) is 0.780. The number of fused-ring (bicyclic) bond motifs is 1. The number of anilines is 2. The third kappa shape index (κ3) is 4.15. The monoisotopic (exact) mass is 446 g/mol. The molecule has 1 unspecified atom stereocenters. The summed E-state index contributed by atoms with van der Waals surface area (Å²) in [4.78, 5) is 32.5. The van der Waals surface area contributed by atoms with Crippen LogP contribution in [0.1, 0.15) is 12.5 Å². The summed E-state index contributed by atoms with van der Waals surface area (Å²) in [5.41, 5.74) is 3.74. The molecule has 4 rings (SSSR count). The molecular weight excluding hydrogens is 429 g/mol. The first-order valence-electron chi connectivity index (χ1n) is 9.27. The fourth-order valence-electron chi connectivity index (χ4n) is 3.49. The molecule has 1 atom stereocenters. The Morgan fingerprint density at radius 3 is 2.48 bits per heavy atom. The molecule has 0 aliphatic carbocycles.